The predicted octanol–water partition coefficient (Wildman–Crippen LogP) is 1.04. The lowest BCUT2D eigenvalue weighted by Crippen LogP contribution is -2.22. The summed E-state index contributed by atoms with van der Waals surface area (Å²) in [6.07, 6.45) is 0. The van der Waals surface area contributed by atoms with Gasteiger partial charge in [-0.05, 0) is 5.56 Å². The van der Waals surface area contributed by atoms with Crippen molar-refractivity contribution in [3.8, 4) is 6.07 Å². The van der Waals surface area contributed by atoms with E-state index in [1.165, 1.54) is 0 Å². The number of Topliss-reactive ketones (excluding diaryl/α,β-unsaturated/α-hetero) is 1. The van der Waals surface area contributed by atoms with Gasteiger partial charge < -0.3 is 4.74 Å². The average Bonchev–Trinajstić information content (AvgIpc) is 2.30. The summed E-state index contributed by atoms with van der Waals surface area (Å²) in [5.74, 6) is -2.92. The molecule has 0 radical (unpaired) electrons. The number of esters is 1. The lowest BCUT2D eigenvalue weighted by atomic mass is 9.96. The van der Waals surface area contributed by atoms with E-state index in [0.717, 1.165) is 7.11 Å². The number of benzene rings is 1. The van der Waals surface area contributed by atoms with Crippen molar-refractivity contribution in [2.75, 3.05) is 7.11 Å². The van der Waals surface area contributed by atoms with Gasteiger partial charge >= 0.3 is 5.97 Å². The van der Waals surface area contributed by atoms with Crippen molar-refractivity contribution in [2.45, 2.75) is 5.92 Å². The van der Waals surface area contributed by atoms with Crippen LogP contribution in [0.1, 0.15) is 11.5 Å². The van der Waals surface area contributed by atoms with Gasteiger partial charge in [0, 0.05) is 0 Å². The number of ketones is 1. The molecule has 0 bridgehead atoms. The Kier molecular flexibility index (Phi) is 3.58. The van der Waals surface area contributed by atoms with Gasteiger partial charge in [0.25, 0.3) is 5.78 Å². The lowest BCUT2D eigenvalue weighted by molar-refractivity contribution is -0.151. The number of ether oxygens (including phenoxy) is 1. The van der Waals surface area contributed by atoms with Gasteiger partial charge in [0.15, 0.2) is 0 Å². The Hall–Kier alpha value is -2.15. The minimum absolute atomic E-state index is 0.496. The molecule has 4 nitrogen and oxygen atoms in total. The van der Waals surface area contributed by atoms with Gasteiger partial charge in [-0.25, -0.2) is 4.79 Å². The quantitative estimate of drug-likeness (QED) is 0.543. The van der Waals surface area contributed by atoms with Crippen molar-refractivity contribution >= 4 is 11.8 Å². The number of hydrogen-bond acceptors (Lipinski definition) is 4. The first-order valence-electron chi connectivity index (χ1n) is 4.27. The molecule has 15 heavy (non-hydrogen) atoms. The Morgan fingerprint density at radius 1 is 1.33 bits per heavy atom. The minimum Gasteiger partial charge on any atom is -0.463 e. The number of methoxy groups -OCH3 is 1. The molecule has 0 spiro atoms. The minimum atomic E-state index is -1.08. The van der Waals surface area contributed by atoms with Crippen LogP contribution in [-0.2, 0) is 14.3 Å². The van der Waals surface area contributed by atoms with Crippen molar-refractivity contribution < 1.29 is 14.3 Å². The summed E-state index contributed by atoms with van der Waals surface area (Å²) >= 11 is 0. The van der Waals surface area contributed by atoms with E-state index >= 15 is 0 Å². The van der Waals surface area contributed by atoms with E-state index < -0.39 is 17.7 Å². The molecule has 1 aromatic carbocycles. The highest BCUT2D eigenvalue weighted by atomic mass is 16.5. The van der Waals surface area contributed by atoms with Crippen molar-refractivity contribution in [2.24, 2.45) is 0 Å². The smallest absolute Gasteiger partial charge is 0.376 e. The van der Waals surface area contributed by atoms with Gasteiger partial charge in [0.05, 0.1) is 13.2 Å². The fraction of sp³-hybridized carbons (Fsp3) is 0.182. The van der Waals surface area contributed by atoms with Crippen LogP contribution in [0.5, 0.6) is 0 Å². The number of nitriles is 1. The fourth-order valence-corrected chi connectivity index (χ4v) is 1.15. The number of hydrogen-bond donors (Lipinski definition) is 0. The van der Waals surface area contributed by atoms with Gasteiger partial charge in [0.2, 0.25) is 0 Å². The SMILES string of the molecule is COC(=O)C(=O)[C@@H](C#N)c1ccccc1. The summed E-state index contributed by atoms with van der Waals surface area (Å²) in [7, 11) is 1.11. The molecule has 1 aromatic rings. The van der Waals surface area contributed by atoms with Crippen molar-refractivity contribution in [1.82, 2.24) is 0 Å². The number of carbonyl (C=O) groups is 2. The maximum Gasteiger partial charge on any atom is 0.376 e. The summed E-state index contributed by atoms with van der Waals surface area (Å²) < 4.78 is 4.28. The second-order valence-electron chi connectivity index (χ2n) is 2.83. The Labute approximate surface area is 87.1 Å². The highest BCUT2D eigenvalue weighted by molar-refractivity contribution is 6.36. The van der Waals surface area contributed by atoms with Crippen LogP contribution in [0.15, 0.2) is 30.3 Å². The van der Waals surface area contributed by atoms with E-state index in [-0.39, 0.29) is 0 Å². The van der Waals surface area contributed by atoms with E-state index in [1.54, 1.807) is 36.4 Å². The first-order chi connectivity index (χ1) is 7.20. The molecule has 0 unspecified atom stereocenters. The molecule has 76 valence electrons. The molecule has 0 aromatic heterocycles. The normalized spacial score (nSPS) is 11.2. The predicted molar refractivity (Wildman–Crippen MR) is 51.8 cm³/mol. The van der Waals surface area contributed by atoms with Gasteiger partial charge in [0.1, 0.15) is 5.92 Å². The largest absolute Gasteiger partial charge is 0.463 e. The van der Waals surface area contributed by atoms with Crippen molar-refractivity contribution in [1.29, 1.82) is 5.26 Å². The number of rotatable bonds is 3. The average molecular weight is 203 g/mol. The zero-order chi connectivity index (χ0) is 11.3. The molecule has 0 heterocycles. The molecule has 0 N–H and O–H groups in total. The third-order valence-corrected chi connectivity index (χ3v) is 1.91. The van der Waals surface area contributed by atoms with Gasteiger partial charge in [-0.15, -0.1) is 0 Å². The summed E-state index contributed by atoms with van der Waals surface area (Å²) in [5, 5.41) is 8.82. The monoisotopic (exact) mass is 203 g/mol. The Morgan fingerprint density at radius 3 is 2.40 bits per heavy atom. The van der Waals surface area contributed by atoms with Crippen LogP contribution in [0.2, 0.25) is 0 Å². The van der Waals surface area contributed by atoms with Crippen LogP contribution >= 0.6 is 0 Å². The third kappa shape index (κ3) is 2.41. The molecule has 0 fully saturated rings. The van der Waals surface area contributed by atoms with Crippen LogP contribution in [0.3, 0.4) is 0 Å². The Morgan fingerprint density at radius 2 is 1.93 bits per heavy atom. The van der Waals surface area contributed by atoms with Gasteiger partial charge in [-0.1, -0.05) is 30.3 Å². The second-order valence-corrected chi connectivity index (χ2v) is 2.83. The van der Waals surface area contributed by atoms with Crippen LogP contribution in [0.4, 0.5) is 0 Å². The van der Waals surface area contributed by atoms with E-state index in [9.17, 15) is 9.59 Å². The van der Waals surface area contributed by atoms with Crippen LogP contribution in [0.25, 0.3) is 0 Å². The second kappa shape index (κ2) is 4.91. The Balaban J connectivity index is 2.97. The number of carbonyl (C=O) groups excluding carboxylic acids is 2. The summed E-state index contributed by atoms with van der Waals surface area (Å²) in [6, 6.07) is 10.2. The van der Waals surface area contributed by atoms with E-state index in [0.29, 0.717) is 5.56 Å². The van der Waals surface area contributed by atoms with Crippen LogP contribution in [0, 0.1) is 11.3 Å². The van der Waals surface area contributed by atoms with Gasteiger partial charge in [-0.2, -0.15) is 5.26 Å². The maximum atomic E-state index is 11.4. The Bertz CT molecular complexity index is 406. The standard InChI is InChI=1S/C11H9NO3/c1-15-11(14)10(13)9(7-12)8-5-3-2-4-6-8/h2-6,9H,1H3/t9-/m0/s1. The van der Waals surface area contributed by atoms with E-state index in [1.807, 2.05) is 0 Å². The zero-order valence-electron chi connectivity index (χ0n) is 8.14. The molecule has 0 amide bonds. The zero-order valence-corrected chi connectivity index (χ0v) is 8.14. The number of nitrogens with zero attached hydrogens (tertiary/aromatic N) is 1. The van der Waals surface area contributed by atoms with Crippen molar-refractivity contribution in [3.63, 3.8) is 0 Å². The van der Waals surface area contributed by atoms with Crippen LogP contribution in [-0.4, -0.2) is 18.9 Å². The maximum absolute atomic E-state index is 11.4. The first-order valence-corrected chi connectivity index (χ1v) is 4.27. The van der Waals surface area contributed by atoms with Crippen molar-refractivity contribution in [3.05, 3.63) is 35.9 Å². The molecule has 1 rings (SSSR count). The molecule has 0 saturated heterocycles. The molecule has 0 aliphatic carbocycles. The molecule has 4 heteroatoms. The first kappa shape index (κ1) is 10.9. The topological polar surface area (TPSA) is 67.2 Å². The summed E-state index contributed by atoms with van der Waals surface area (Å²) in [4.78, 5) is 22.4. The third-order valence-electron chi connectivity index (χ3n) is 1.91. The summed E-state index contributed by atoms with van der Waals surface area (Å²) in [5.41, 5.74) is 0.496. The lowest BCUT2D eigenvalue weighted by Gasteiger charge is -2.05. The molecule has 0 aliphatic heterocycles. The molecule has 0 saturated carbocycles. The summed E-state index contributed by atoms with van der Waals surface area (Å²) in [6.45, 7) is 0. The van der Waals surface area contributed by atoms with Gasteiger partial charge in [-0.3, -0.25) is 4.79 Å². The highest BCUT2D eigenvalue weighted by Crippen LogP contribution is 2.15. The highest BCUT2D eigenvalue weighted by Gasteiger charge is 2.27. The molecule has 0 aliphatic rings. The molecular weight excluding hydrogens is 194 g/mol. The molecular formula is C11H9NO3. The van der Waals surface area contributed by atoms with Crippen LogP contribution < -0.4 is 0 Å². The van der Waals surface area contributed by atoms with E-state index in [2.05, 4.69) is 4.74 Å². The van der Waals surface area contributed by atoms with E-state index in [4.69, 9.17) is 5.26 Å². The molecule has 1 atom stereocenters. The fourth-order valence-electron chi connectivity index (χ4n) is 1.15.